The molecule has 0 unspecified atom stereocenters. The third kappa shape index (κ3) is 3.56. The lowest BCUT2D eigenvalue weighted by molar-refractivity contribution is 0.0925. The highest BCUT2D eigenvalue weighted by Gasteiger charge is 2.09. The van der Waals surface area contributed by atoms with Crippen LogP contribution in [0.2, 0.25) is 0 Å². The standard InChI is InChI=1S/C19H21N3O2/c1-13-12-14(2)22(21-13)17-7-5-16(6-8-17)10-11-20-19(23)18-9-4-15(3)24-18/h4-9,12H,10-11H2,1-3H3,(H,20,23). The molecular formula is C19H21N3O2. The van der Waals surface area contributed by atoms with Crippen molar-refractivity contribution in [2.24, 2.45) is 0 Å². The van der Waals surface area contributed by atoms with Gasteiger partial charge in [0.2, 0.25) is 0 Å². The molecule has 1 aromatic carbocycles. The molecule has 3 aromatic rings. The fourth-order valence-corrected chi connectivity index (χ4v) is 2.66. The molecule has 2 aromatic heterocycles. The SMILES string of the molecule is Cc1cc(C)n(-c2ccc(CCNC(=O)c3ccc(C)o3)cc2)n1. The van der Waals surface area contributed by atoms with Gasteiger partial charge in [0.1, 0.15) is 5.76 Å². The van der Waals surface area contributed by atoms with Crippen LogP contribution in [0, 0.1) is 20.8 Å². The summed E-state index contributed by atoms with van der Waals surface area (Å²) in [6.07, 6.45) is 0.767. The maximum atomic E-state index is 11.9. The van der Waals surface area contributed by atoms with Gasteiger partial charge in [-0.25, -0.2) is 4.68 Å². The predicted molar refractivity (Wildman–Crippen MR) is 92.5 cm³/mol. The minimum atomic E-state index is -0.178. The van der Waals surface area contributed by atoms with Gasteiger partial charge in [-0.15, -0.1) is 0 Å². The topological polar surface area (TPSA) is 60.1 Å². The van der Waals surface area contributed by atoms with Crippen molar-refractivity contribution in [2.45, 2.75) is 27.2 Å². The molecule has 0 aliphatic heterocycles. The van der Waals surface area contributed by atoms with Gasteiger partial charge in [0, 0.05) is 12.2 Å². The van der Waals surface area contributed by atoms with Crippen LogP contribution >= 0.6 is 0 Å². The molecule has 1 amide bonds. The quantitative estimate of drug-likeness (QED) is 0.783. The lowest BCUT2D eigenvalue weighted by Crippen LogP contribution is -2.25. The summed E-state index contributed by atoms with van der Waals surface area (Å²) in [6.45, 7) is 6.42. The Morgan fingerprint density at radius 2 is 1.88 bits per heavy atom. The molecular weight excluding hydrogens is 302 g/mol. The molecule has 3 rings (SSSR count). The van der Waals surface area contributed by atoms with Crippen molar-refractivity contribution in [2.75, 3.05) is 6.54 Å². The summed E-state index contributed by atoms with van der Waals surface area (Å²) in [5, 5.41) is 7.35. The molecule has 0 spiro atoms. The number of benzene rings is 1. The molecule has 5 nitrogen and oxygen atoms in total. The fraction of sp³-hybridized carbons (Fsp3) is 0.263. The maximum absolute atomic E-state index is 11.9. The monoisotopic (exact) mass is 323 g/mol. The van der Waals surface area contributed by atoms with E-state index < -0.39 is 0 Å². The van der Waals surface area contributed by atoms with E-state index in [0.717, 1.165) is 34.8 Å². The minimum absolute atomic E-state index is 0.178. The number of hydrogen-bond donors (Lipinski definition) is 1. The van der Waals surface area contributed by atoms with E-state index in [1.54, 1.807) is 12.1 Å². The van der Waals surface area contributed by atoms with Crippen LogP contribution in [0.1, 0.15) is 33.3 Å². The van der Waals surface area contributed by atoms with Crippen molar-refractivity contribution < 1.29 is 9.21 Å². The maximum Gasteiger partial charge on any atom is 0.287 e. The Morgan fingerprint density at radius 3 is 2.46 bits per heavy atom. The molecule has 124 valence electrons. The van der Waals surface area contributed by atoms with Crippen LogP contribution in [0.4, 0.5) is 0 Å². The number of nitrogens with zero attached hydrogens (tertiary/aromatic N) is 2. The second-order valence-corrected chi connectivity index (χ2v) is 5.92. The Labute approximate surface area is 141 Å². The van der Waals surface area contributed by atoms with Gasteiger partial charge in [-0.2, -0.15) is 5.10 Å². The highest BCUT2D eigenvalue weighted by Crippen LogP contribution is 2.13. The van der Waals surface area contributed by atoms with Crippen molar-refractivity contribution in [3.63, 3.8) is 0 Å². The van der Waals surface area contributed by atoms with Gasteiger partial charge in [0.15, 0.2) is 5.76 Å². The first kappa shape index (κ1) is 16.1. The summed E-state index contributed by atoms with van der Waals surface area (Å²) < 4.78 is 7.23. The second kappa shape index (κ2) is 6.74. The average Bonchev–Trinajstić information content (AvgIpc) is 3.13. The van der Waals surface area contributed by atoms with Crippen LogP contribution in [-0.2, 0) is 6.42 Å². The van der Waals surface area contributed by atoms with Gasteiger partial charge >= 0.3 is 0 Å². The summed E-state index contributed by atoms with van der Waals surface area (Å²) >= 11 is 0. The third-order valence-electron chi connectivity index (χ3n) is 3.85. The van der Waals surface area contributed by atoms with E-state index >= 15 is 0 Å². The van der Waals surface area contributed by atoms with E-state index in [1.165, 1.54) is 0 Å². The van der Waals surface area contributed by atoms with E-state index in [2.05, 4.69) is 28.6 Å². The van der Waals surface area contributed by atoms with E-state index in [0.29, 0.717) is 12.3 Å². The lowest BCUT2D eigenvalue weighted by Gasteiger charge is -2.07. The van der Waals surface area contributed by atoms with E-state index in [4.69, 9.17) is 4.42 Å². The van der Waals surface area contributed by atoms with E-state index in [9.17, 15) is 4.79 Å². The molecule has 0 saturated carbocycles. The first-order valence-electron chi connectivity index (χ1n) is 8.00. The first-order chi connectivity index (χ1) is 11.5. The molecule has 1 N–H and O–H groups in total. The fourth-order valence-electron chi connectivity index (χ4n) is 2.66. The smallest absolute Gasteiger partial charge is 0.287 e. The Balaban J connectivity index is 1.57. The number of carbonyl (C=O) groups is 1. The third-order valence-corrected chi connectivity index (χ3v) is 3.85. The molecule has 0 fully saturated rings. The first-order valence-corrected chi connectivity index (χ1v) is 8.00. The summed E-state index contributed by atoms with van der Waals surface area (Å²) in [7, 11) is 0. The zero-order valence-electron chi connectivity index (χ0n) is 14.2. The second-order valence-electron chi connectivity index (χ2n) is 5.92. The van der Waals surface area contributed by atoms with Gasteiger partial charge in [0.25, 0.3) is 5.91 Å². The van der Waals surface area contributed by atoms with Crippen LogP contribution in [-0.4, -0.2) is 22.2 Å². The molecule has 0 radical (unpaired) electrons. The van der Waals surface area contributed by atoms with E-state index in [1.807, 2.05) is 37.6 Å². The molecule has 2 heterocycles. The molecule has 0 saturated heterocycles. The van der Waals surface area contributed by atoms with Crippen molar-refractivity contribution in [3.8, 4) is 5.69 Å². The highest BCUT2D eigenvalue weighted by atomic mass is 16.3. The molecule has 24 heavy (non-hydrogen) atoms. The van der Waals surface area contributed by atoms with Gasteiger partial charge in [0.05, 0.1) is 11.4 Å². The minimum Gasteiger partial charge on any atom is -0.456 e. The van der Waals surface area contributed by atoms with Crippen LogP contribution in [0.5, 0.6) is 0 Å². The van der Waals surface area contributed by atoms with Crippen molar-refractivity contribution in [1.82, 2.24) is 15.1 Å². The van der Waals surface area contributed by atoms with Gasteiger partial charge in [-0.1, -0.05) is 12.1 Å². The Bertz CT molecular complexity index is 844. The van der Waals surface area contributed by atoms with Crippen LogP contribution < -0.4 is 5.32 Å². The van der Waals surface area contributed by atoms with Gasteiger partial charge in [-0.3, -0.25) is 4.79 Å². The van der Waals surface area contributed by atoms with Crippen molar-refractivity contribution in [3.05, 3.63) is 70.9 Å². The summed E-state index contributed by atoms with van der Waals surface area (Å²) in [5.74, 6) is 0.912. The summed E-state index contributed by atoms with van der Waals surface area (Å²) in [6, 6.07) is 13.8. The Kier molecular flexibility index (Phi) is 4.51. The molecule has 0 aliphatic carbocycles. The Morgan fingerprint density at radius 1 is 1.12 bits per heavy atom. The van der Waals surface area contributed by atoms with Crippen LogP contribution in [0.15, 0.2) is 46.9 Å². The number of nitrogens with one attached hydrogen (secondary N) is 1. The normalized spacial score (nSPS) is 10.8. The van der Waals surface area contributed by atoms with Gasteiger partial charge in [-0.05, 0) is 63.1 Å². The molecule has 0 bridgehead atoms. The zero-order chi connectivity index (χ0) is 17.1. The van der Waals surface area contributed by atoms with Crippen LogP contribution in [0.25, 0.3) is 5.69 Å². The average molecular weight is 323 g/mol. The number of hydrogen-bond acceptors (Lipinski definition) is 3. The number of furan rings is 1. The van der Waals surface area contributed by atoms with Gasteiger partial charge < -0.3 is 9.73 Å². The summed E-state index contributed by atoms with van der Waals surface area (Å²) in [5.41, 5.74) is 4.32. The predicted octanol–water partition coefficient (Wildman–Crippen LogP) is 3.36. The highest BCUT2D eigenvalue weighted by molar-refractivity contribution is 5.91. The largest absolute Gasteiger partial charge is 0.456 e. The van der Waals surface area contributed by atoms with Crippen LogP contribution in [0.3, 0.4) is 0 Å². The molecule has 5 heteroatoms. The number of carbonyl (C=O) groups excluding carboxylic acids is 1. The summed E-state index contributed by atoms with van der Waals surface area (Å²) in [4.78, 5) is 11.9. The molecule has 0 atom stereocenters. The van der Waals surface area contributed by atoms with Crippen molar-refractivity contribution in [1.29, 1.82) is 0 Å². The lowest BCUT2D eigenvalue weighted by atomic mass is 10.1. The van der Waals surface area contributed by atoms with Crippen molar-refractivity contribution >= 4 is 5.91 Å². The molecule has 0 aliphatic rings. The zero-order valence-corrected chi connectivity index (χ0v) is 14.2. The Hall–Kier alpha value is -2.82. The number of rotatable bonds is 5. The number of aryl methyl sites for hydroxylation is 3. The number of amides is 1. The van der Waals surface area contributed by atoms with E-state index in [-0.39, 0.29) is 5.91 Å². The number of aromatic nitrogens is 2.